The number of amides is 1. The number of carbonyl (C=O) groups is 2. The normalized spacial score (nSPS) is 10.0. The number of nitrogen functional groups attached to an aromatic ring is 1. The van der Waals surface area contributed by atoms with E-state index >= 15 is 0 Å². The number of nitrogens with zero attached hydrogens (tertiary/aromatic N) is 1. The van der Waals surface area contributed by atoms with Crippen LogP contribution in [0.4, 0.5) is 0 Å². The van der Waals surface area contributed by atoms with Crippen molar-refractivity contribution in [3.63, 3.8) is 0 Å². The Bertz CT molecular complexity index is 419. The number of hydrogen-bond donors (Lipinski definition) is 2. The largest absolute Gasteiger partial charge is 0.462 e. The van der Waals surface area contributed by atoms with Crippen LogP contribution in [0.15, 0.2) is 12.1 Å². The van der Waals surface area contributed by atoms with Gasteiger partial charge in [0.15, 0.2) is 0 Å². The van der Waals surface area contributed by atoms with Crippen molar-refractivity contribution in [1.82, 2.24) is 10.4 Å². The number of nitrogens with one attached hydrogen (secondary N) is 1. The molecule has 0 aliphatic rings. The molecule has 0 unspecified atom stereocenters. The van der Waals surface area contributed by atoms with Crippen LogP contribution in [0.5, 0.6) is 0 Å². The van der Waals surface area contributed by atoms with Crippen molar-refractivity contribution in [2.45, 2.75) is 40.2 Å². The van der Waals surface area contributed by atoms with Crippen LogP contribution in [-0.2, 0) is 9.53 Å². The standard InChI is InChI=1S/C8H11N3O.C5H10O2/c1-5-3-7(8(12)11-9)4-6(2)10-5;1-5(2,3)7-4-6/h3-4H,9H2,1-2H3,(H,11,12);4H,1-3H3. The average molecular weight is 267 g/mol. The molecule has 0 atom stereocenters. The number of hydrazine groups is 1. The van der Waals surface area contributed by atoms with Crippen LogP contribution in [0.1, 0.15) is 42.5 Å². The van der Waals surface area contributed by atoms with E-state index in [1.807, 2.05) is 34.6 Å². The molecule has 1 aromatic rings. The van der Waals surface area contributed by atoms with Gasteiger partial charge in [-0.3, -0.25) is 20.0 Å². The van der Waals surface area contributed by atoms with Crippen LogP contribution >= 0.6 is 0 Å². The minimum Gasteiger partial charge on any atom is -0.462 e. The van der Waals surface area contributed by atoms with Gasteiger partial charge in [-0.25, -0.2) is 5.84 Å². The molecule has 1 rings (SSSR count). The maximum Gasteiger partial charge on any atom is 0.293 e. The van der Waals surface area contributed by atoms with Crippen LogP contribution < -0.4 is 11.3 Å². The molecule has 0 aliphatic heterocycles. The molecule has 1 aromatic heterocycles. The van der Waals surface area contributed by atoms with Crippen molar-refractivity contribution in [3.8, 4) is 0 Å². The molecular weight excluding hydrogens is 246 g/mol. The summed E-state index contributed by atoms with van der Waals surface area (Å²) in [5, 5.41) is 0. The molecule has 1 heterocycles. The predicted molar refractivity (Wildman–Crippen MR) is 72.3 cm³/mol. The van der Waals surface area contributed by atoms with Crippen LogP contribution in [0.2, 0.25) is 0 Å². The third-order valence-corrected chi connectivity index (χ3v) is 1.88. The van der Waals surface area contributed by atoms with E-state index in [4.69, 9.17) is 5.84 Å². The van der Waals surface area contributed by atoms with Crippen molar-refractivity contribution in [2.75, 3.05) is 0 Å². The van der Waals surface area contributed by atoms with Gasteiger partial charge in [0.25, 0.3) is 12.4 Å². The number of aromatic nitrogens is 1. The predicted octanol–water partition coefficient (Wildman–Crippen LogP) is 1.26. The summed E-state index contributed by atoms with van der Waals surface area (Å²) >= 11 is 0. The highest BCUT2D eigenvalue weighted by molar-refractivity contribution is 5.93. The van der Waals surface area contributed by atoms with Gasteiger partial charge in [0.2, 0.25) is 0 Å². The Balaban J connectivity index is 0.000000399. The summed E-state index contributed by atoms with van der Waals surface area (Å²) in [5.74, 6) is 4.70. The van der Waals surface area contributed by atoms with E-state index in [-0.39, 0.29) is 11.5 Å². The van der Waals surface area contributed by atoms with E-state index in [1.54, 1.807) is 12.1 Å². The van der Waals surface area contributed by atoms with Crippen LogP contribution in [0.25, 0.3) is 0 Å². The molecular formula is C13H21N3O3. The highest BCUT2D eigenvalue weighted by Crippen LogP contribution is 2.04. The summed E-state index contributed by atoms with van der Waals surface area (Å²) in [4.78, 5) is 24.8. The number of pyridine rings is 1. The summed E-state index contributed by atoms with van der Waals surface area (Å²) in [6, 6.07) is 3.38. The maximum absolute atomic E-state index is 11.1. The zero-order chi connectivity index (χ0) is 15.1. The van der Waals surface area contributed by atoms with E-state index < -0.39 is 0 Å². The fraction of sp³-hybridized carbons (Fsp3) is 0.462. The summed E-state index contributed by atoms with van der Waals surface area (Å²) in [6.07, 6.45) is 0. The lowest BCUT2D eigenvalue weighted by molar-refractivity contribution is -0.138. The lowest BCUT2D eigenvalue weighted by atomic mass is 10.2. The number of ether oxygens (including phenoxy) is 1. The molecule has 0 aliphatic carbocycles. The van der Waals surface area contributed by atoms with Gasteiger partial charge in [-0.1, -0.05) is 0 Å². The van der Waals surface area contributed by atoms with Crippen LogP contribution in [0, 0.1) is 13.8 Å². The molecule has 0 fully saturated rings. The molecule has 0 aromatic carbocycles. The Labute approximate surface area is 113 Å². The zero-order valence-electron chi connectivity index (χ0n) is 12.0. The molecule has 106 valence electrons. The molecule has 0 saturated carbocycles. The third-order valence-electron chi connectivity index (χ3n) is 1.88. The Morgan fingerprint density at radius 1 is 1.32 bits per heavy atom. The number of nitrogens with two attached hydrogens (primary N) is 1. The Hall–Kier alpha value is -1.95. The maximum atomic E-state index is 11.1. The molecule has 19 heavy (non-hydrogen) atoms. The first-order valence-corrected chi connectivity index (χ1v) is 5.77. The smallest absolute Gasteiger partial charge is 0.293 e. The molecule has 0 radical (unpaired) electrons. The van der Waals surface area contributed by atoms with Gasteiger partial charge >= 0.3 is 0 Å². The minimum absolute atomic E-state index is 0.288. The minimum atomic E-state index is -0.318. The van der Waals surface area contributed by atoms with E-state index in [0.717, 1.165) is 11.4 Å². The molecule has 0 spiro atoms. The summed E-state index contributed by atoms with van der Waals surface area (Å²) < 4.78 is 4.55. The Morgan fingerprint density at radius 3 is 2.05 bits per heavy atom. The van der Waals surface area contributed by atoms with Gasteiger partial charge in [0.05, 0.1) is 0 Å². The first kappa shape index (κ1) is 17.1. The molecule has 1 amide bonds. The van der Waals surface area contributed by atoms with Crippen LogP contribution in [0.3, 0.4) is 0 Å². The van der Waals surface area contributed by atoms with E-state index in [9.17, 15) is 9.59 Å². The highest BCUT2D eigenvalue weighted by atomic mass is 16.5. The third kappa shape index (κ3) is 7.88. The van der Waals surface area contributed by atoms with Crippen LogP contribution in [-0.4, -0.2) is 23.0 Å². The first-order chi connectivity index (χ1) is 8.69. The highest BCUT2D eigenvalue weighted by Gasteiger charge is 2.07. The van der Waals surface area contributed by atoms with Gasteiger partial charge in [-0.2, -0.15) is 0 Å². The topological polar surface area (TPSA) is 94.3 Å². The lowest BCUT2D eigenvalue weighted by Crippen LogP contribution is -2.30. The molecule has 0 bridgehead atoms. The van der Waals surface area contributed by atoms with Gasteiger partial charge in [0.1, 0.15) is 5.60 Å². The van der Waals surface area contributed by atoms with E-state index in [2.05, 4.69) is 15.1 Å². The van der Waals surface area contributed by atoms with Crippen molar-refractivity contribution >= 4 is 12.4 Å². The average Bonchev–Trinajstić information content (AvgIpc) is 2.25. The summed E-state index contributed by atoms with van der Waals surface area (Å²) in [7, 11) is 0. The quantitative estimate of drug-likeness (QED) is 0.364. The summed E-state index contributed by atoms with van der Waals surface area (Å²) in [5.41, 5.74) is 3.92. The molecule has 6 nitrogen and oxygen atoms in total. The van der Waals surface area contributed by atoms with Gasteiger partial charge in [-0.05, 0) is 46.8 Å². The van der Waals surface area contributed by atoms with E-state index in [1.165, 1.54) is 0 Å². The van der Waals surface area contributed by atoms with Gasteiger partial charge < -0.3 is 4.74 Å². The second-order valence-corrected chi connectivity index (χ2v) is 4.94. The molecule has 6 heteroatoms. The number of hydrogen-bond acceptors (Lipinski definition) is 5. The SMILES string of the molecule is CC(C)(C)OC=O.Cc1cc(C(=O)NN)cc(C)n1. The zero-order valence-corrected chi connectivity index (χ0v) is 12.0. The second-order valence-electron chi connectivity index (χ2n) is 4.94. The van der Waals surface area contributed by atoms with Crippen molar-refractivity contribution in [1.29, 1.82) is 0 Å². The number of rotatable bonds is 2. The lowest BCUT2D eigenvalue weighted by Gasteiger charge is -2.14. The monoisotopic (exact) mass is 267 g/mol. The second kappa shape index (κ2) is 7.48. The number of aryl methyl sites for hydroxylation is 2. The van der Waals surface area contributed by atoms with Gasteiger partial charge in [0, 0.05) is 17.0 Å². The van der Waals surface area contributed by atoms with E-state index in [0.29, 0.717) is 12.0 Å². The Kier molecular flexibility index (Phi) is 6.71. The molecule has 0 saturated heterocycles. The van der Waals surface area contributed by atoms with Crippen molar-refractivity contribution in [2.24, 2.45) is 5.84 Å². The van der Waals surface area contributed by atoms with Crippen molar-refractivity contribution < 1.29 is 14.3 Å². The first-order valence-electron chi connectivity index (χ1n) is 5.77. The fourth-order valence-corrected chi connectivity index (χ4v) is 1.19. The molecule has 3 N–H and O–H groups in total. The fourth-order valence-electron chi connectivity index (χ4n) is 1.19. The van der Waals surface area contributed by atoms with Gasteiger partial charge in [-0.15, -0.1) is 0 Å². The number of carbonyl (C=O) groups excluding carboxylic acids is 2. The van der Waals surface area contributed by atoms with Crippen molar-refractivity contribution in [3.05, 3.63) is 29.1 Å². The summed E-state index contributed by atoms with van der Waals surface area (Å²) in [6.45, 7) is 9.59. The Morgan fingerprint density at radius 2 is 1.79 bits per heavy atom.